The molecule has 0 saturated heterocycles. The summed E-state index contributed by atoms with van der Waals surface area (Å²) < 4.78 is 5.30. The molecule has 0 aliphatic rings. The molecule has 0 atom stereocenters. The lowest BCUT2D eigenvalue weighted by Crippen LogP contribution is -1.92. The van der Waals surface area contributed by atoms with Crippen LogP contribution in [0.25, 0.3) is 11.3 Å². The van der Waals surface area contributed by atoms with E-state index in [-0.39, 0.29) is 5.76 Å². The first-order valence-corrected chi connectivity index (χ1v) is 6.11. The summed E-state index contributed by atoms with van der Waals surface area (Å²) in [6.45, 7) is 4.24. The van der Waals surface area contributed by atoms with E-state index in [1.54, 1.807) is 6.07 Å². The number of aryl methyl sites for hydroxylation is 2. The Hall–Kier alpha value is -2.03. The van der Waals surface area contributed by atoms with Gasteiger partial charge in [-0.05, 0) is 42.2 Å². The molecule has 0 aliphatic carbocycles. The van der Waals surface area contributed by atoms with E-state index >= 15 is 0 Å². The Kier molecular flexibility index (Phi) is 3.51. The topological polar surface area (TPSA) is 50.4 Å². The van der Waals surface area contributed by atoms with Crippen LogP contribution in [0.15, 0.2) is 34.7 Å². The summed E-state index contributed by atoms with van der Waals surface area (Å²) in [6, 6.07) is 9.31. The van der Waals surface area contributed by atoms with Crippen molar-refractivity contribution in [1.82, 2.24) is 0 Å². The molecule has 0 radical (unpaired) electrons. The third-order valence-electron chi connectivity index (χ3n) is 3.07. The SMILES string of the molecule is CCc1ccc(-c2ccc(C(=O)O)o2)cc1CC. The summed E-state index contributed by atoms with van der Waals surface area (Å²) in [7, 11) is 0. The normalized spacial score (nSPS) is 10.6. The molecule has 1 heterocycles. The molecule has 0 saturated carbocycles. The third kappa shape index (κ3) is 2.30. The summed E-state index contributed by atoms with van der Waals surface area (Å²) in [5, 5.41) is 8.83. The molecule has 0 unspecified atom stereocenters. The number of hydrogen-bond donors (Lipinski definition) is 1. The molecule has 18 heavy (non-hydrogen) atoms. The number of furan rings is 1. The highest BCUT2D eigenvalue weighted by Crippen LogP contribution is 2.25. The number of benzene rings is 1. The predicted molar refractivity (Wildman–Crippen MR) is 69.9 cm³/mol. The van der Waals surface area contributed by atoms with Crippen molar-refractivity contribution < 1.29 is 14.3 Å². The van der Waals surface area contributed by atoms with Gasteiger partial charge in [-0.1, -0.05) is 26.0 Å². The molecule has 0 bridgehead atoms. The van der Waals surface area contributed by atoms with Gasteiger partial charge in [-0.2, -0.15) is 0 Å². The summed E-state index contributed by atoms with van der Waals surface area (Å²) in [6.07, 6.45) is 1.96. The summed E-state index contributed by atoms with van der Waals surface area (Å²) in [4.78, 5) is 10.8. The largest absolute Gasteiger partial charge is 0.475 e. The first kappa shape index (κ1) is 12.4. The van der Waals surface area contributed by atoms with Crippen molar-refractivity contribution in [3.63, 3.8) is 0 Å². The number of carboxylic acids is 1. The summed E-state index contributed by atoms with van der Waals surface area (Å²) in [5.74, 6) is -0.463. The average Bonchev–Trinajstić information content (AvgIpc) is 2.87. The lowest BCUT2D eigenvalue weighted by atomic mass is 9.99. The van der Waals surface area contributed by atoms with Crippen molar-refractivity contribution in [2.75, 3.05) is 0 Å². The second-order valence-electron chi connectivity index (χ2n) is 4.16. The van der Waals surface area contributed by atoms with Crippen LogP contribution in [0.3, 0.4) is 0 Å². The summed E-state index contributed by atoms with van der Waals surface area (Å²) in [5.41, 5.74) is 3.53. The van der Waals surface area contributed by atoms with Gasteiger partial charge >= 0.3 is 5.97 Å². The van der Waals surface area contributed by atoms with E-state index in [4.69, 9.17) is 9.52 Å². The Labute approximate surface area is 106 Å². The predicted octanol–water partition coefficient (Wildman–Crippen LogP) is 3.77. The van der Waals surface area contributed by atoms with Crippen LogP contribution in [0.2, 0.25) is 0 Å². The standard InChI is InChI=1S/C15H16O3/c1-3-10-5-6-12(9-11(10)4-2)13-7-8-14(18-13)15(16)17/h5-9H,3-4H2,1-2H3,(H,16,17). The minimum Gasteiger partial charge on any atom is -0.475 e. The first-order chi connectivity index (χ1) is 8.65. The highest BCUT2D eigenvalue weighted by molar-refractivity contribution is 5.85. The number of rotatable bonds is 4. The van der Waals surface area contributed by atoms with Crippen molar-refractivity contribution >= 4 is 5.97 Å². The second kappa shape index (κ2) is 5.08. The lowest BCUT2D eigenvalue weighted by Gasteiger charge is -2.07. The Balaban J connectivity index is 2.41. The van der Waals surface area contributed by atoms with Gasteiger partial charge in [0, 0.05) is 5.56 Å². The van der Waals surface area contributed by atoms with Crippen molar-refractivity contribution in [1.29, 1.82) is 0 Å². The number of aromatic carboxylic acids is 1. The van der Waals surface area contributed by atoms with Gasteiger partial charge in [-0.15, -0.1) is 0 Å². The fourth-order valence-electron chi connectivity index (χ4n) is 2.06. The van der Waals surface area contributed by atoms with Gasteiger partial charge in [0.1, 0.15) is 5.76 Å². The minimum absolute atomic E-state index is 0.0254. The molecule has 0 fully saturated rings. The van der Waals surface area contributed by atoms with Crippen molar-refractivity contribution in [2.24, 2.45) is 0 Å². The Morgan fingerprint density at radius 2 is 1.83 bits per heavy atom. The molecule has 0 aliphatic heterocycles. The molecule has 2 rings (SSSR count). The average molecular weight is 244 g/mol. The Bertz CT molecular complexity index is 567. The zero-order chi connectivity index (χ0) is 13.1. The molecule has 2 aromatic rings. The fraction of sp³-hybridized carbons (Fsp3) is 0.267. The molecule has 1 N–H and O–H groups in total. The van der Waals surface area contributed by atoms with Gasteiger partial charge in [0.25, 0.3) is 0 Å². The zero-order valence-electron chi connectivity index (χ0n) is 10.6. The molecule has 0 spiro atoms. The van der Waals surface area contributed by atoms with E-state index in [0.717, 1.165) is 18.4 Å². The van der Waals surface area contributed by atoms with E-state index in [1.807, 2.05) is 6.07 Å². The first-order valence-electron chi connectivity index (χ1n) is 6.11. The van der Waals surface area contributed by atoms with Gasteiger partial charge in [0.2, 0.25) is 5.76 Å². The summed E-state index contributed by atoms with van der Waals surface area (Å²) >= 11 is 0. The van der Waals surface area contributed by atoms with Crippen LogP contribution in [0.4, 0.5) is 0 Å². The van der Waals surface area contributed by atoms with E-state index in [0.29, 0.717) is 5.76 Å². The Morgan fingerprint density at radius 1 is 1.11 bits per heavy atom. The molecular formula is C15H16O3. The van der Waals surface area contributed by atoms with Gasteiger partial charge in [-0.25, -0.2) is 4.79 Å². The highest BCUT2D eigenvalue weighted by Gasteiger charge is 2.11. The van der Waals surface area contributed by atoms with Crippen LogP contribution < -0.4 is 0 Å². The van der Waals surface area contributed by atoms with Crippen LogP contribution in [-0.2, 0) is 12.8 Å². The molecule has 0 amide bonds. The maximum absolute atomic E-state index is 10.8. The number of hydrogen-bond acceptors (Lipinski definition) is 2. The van der Waals surface area contributed by atoms with Gasteiger partial charge in [-0.3, -0.25) is 0 Å². The maximum Gasteiger partial charge on any atom is 0.371 e. The van der Waals surface area contributed by atoms with Gasteiger partial charge in [0.05, 0.1) is 0 Å². The second-order valence-corrected chi connectivity index (χ2v) is 4.16. The molecule has 3 nitrogen and oxygen atoms in total. The fourth-order valence-corrected chi connectivity index (χ4v) is 2.06. The quantitative estimate of drug-likeness (QED) is 0.890. The van der Waals surface area contributed by atoms with Gasteiger partial charge < -0.3 is 9.52 Å². The molecule has 1 aromatic carbocycles. The van der Waals surface area contributed by atoms with E-state index < -0.39 is 5.97 Å². The minimum atomic E-state index is -1.04. The van der Waals surface area contributed by atoms with Crippen LogP contribution in [0.1, 0.15) is 35.5 Å². The number of carbonyl (C=O) groups is 1. The van der Waals surface area contributed by atoms with Gasteiger partial charge in [0.15, 0.2) is 0 Å². The van der Waals surface area contributed by atoms with Crippen molar-refractivity contribution in [3.05, 3.63) is 47.2 Å². The molecule has 3 heteroatoms. The smallest absolute Gasteiger partial charge is 0.371 e. The van der Waals surface area contributed by atoms with Crippen LogP contribution in [0.5, 0.6) is 0 Å². The highest BCUT2D eigenvalue weighted by atomic mass is 16.4. The zero-order valence-corrected chi connectivity index (χ0v) is 10.6. The number of carboxylic acid groups (broad SMARTS) is 1. The Morgan fingerprint density at radius 3 is 2.39 bits per heavy atom. The van der Waals surface area contributed by atoms with Crippen molar-refractivity contribution in [3.8, 4) is 11.3 Å². The van der Waals surface area contributed by atoms with Crippen LogP contribution >= 0.6 is 0 Å². The van der Waals surface area contributed by atoms with Crippen molar-refractivity contribution in [2.45, 2.75) is 26.7 Å². The molecular weight excluding hydrogens is 228 g/mol. The molecule has 94 valence electrons. The monoisotopic (exact) mass is 244 g/mol. The van der Waals surface area contributed by atoms with E-state index in [2.05, 4.69) is 26.0 Å². The third-order valence-corrected chi connectivity index (χ3v) is 3.07. The molecule has 1 aromatic heterocycles. The van der Waals surface area contributed by atoms with Crippen LogP contribution in [-0.4, -0.2) is 11.1 Å². The maximum atomic E-state index is 10.8. The van der Waals surface area contributed by atoms with E-state index in [9.17, 15) is 4.79 Å². The van der Waals surface area contributed by atoms with E-state index in [1.165, 1.54) is 17.2 Å². The lowest BCUT2D eigenvalue weighted by molar-refractivity contribution is 0.0663. The van der Waals surface area contributed by atoms with Crippen LogP contribution in [0, 0.1) is 0 Å².